The molecule has 0 spiro atoms. The fourth-order valence-electron chi connectivity index (χ4n) is 2.07. The predicted molar refractivity (Wildman–Crippen MR) is 71.9 cm³/mol. The van der Waals surface area contributed by atoms with E-state index in [0.717, 1.165) is 28.1 Å². The van der Waals surface area contributed by atoms with Crippen LogP contribution in [-0.2, 0) is 0 Å². The number of hydrogen-bond acceptors (Lipinski definition) is 2. The molecule has 19 heavy (non-hydrogen) atoms. The number of aromatic nitrogens is 3. The maximum absolute atomic E-state index is 13.0. The first kappa shape index (κ1) is 11.6. The molecule has 1 N–H and O–H groups in total. The van der Waals surface area contributed by atoms with Gasteiger partial charge < -0.3 is 0 Å². The van der Waals surface area contributed by atoms with Crippen molar-refractivity contribution in [3.8, 4) is 22.5 Å². The third kappa shape index (κ3) is 2.38. The van der Waals surface area contributed by atoms with Gasteiger partial charge in [0.25, 0.3) is 0 Å². The lowest BCUT2D eigenvalue weighted by atomic mass is 10.00. The van der Waals surface area contributed by atoms with Crippen LogP contribution in [0.2, 0.25) is 0 Å². The minimum Gasteiger partial charge on any atom is -0.259 e. The van der Waals surface area contributed by atoms with E-state index in [1.807, 2.05) is 19.1 Å². The summed E-state index contributed by atoms with van der Waals surface area (Å²) in [6.07, 6.45) is 1.48. The Balaban J connectivity index is 2.10. The number of aromatic amines is 1. The Kier molecular flexibility index (Phi) is 2.83. The van der Waals surface area contributed by atoms with E-state index >= 15 is 0 Å². The first-order valence-corrected chi connectivity index (χ1v) is 5.96. The van der Waals surface area contributed by atoms with Gasteiger partial charge in [-0.25, -0.2) is 9.37 Å². The van der Waals surface area contributed by atoms with Crippen LogP contribution in [0.5, 0.6) is 0 Å². The molecule has 0 fully saturated rings. The lowest BCUT2D eigenvalue weighted by Crippen LogP contribution is -1.86. The molecule has 0 aliphatic rings. The van der Waals surface area contributed by atoms with Crippen molar-refractivity contribution in [2.75, 3.05) is 0 Å². The molecular formula is C15H12FN3. The van der Waals surface area contributed by atoms with Gasteiger partial charge in [0.15, 0.2) is 5.82 Å². The van der Waals surface area contributed by atoms with Gasteiger partial charge in [0.05, 0.1) is 0 Å². The van der Waals surface area contributed by atoms with E-state index in [2.05, 4.69) is 21.2 Å². The van der Waals surface area contributed by atoms with Crippen molar-refractivity contribution in [3.63, 3.8) is 0 Å². The highest BCUT2D eigenvalue weighted by molar-refractivity contribution is 5.71. The summed E-state index contributed by atoms with van der Waals surface area (Å²) in [6.45, 7) is 2.02. The Labute approximate surface area is 110 Å². The quantitative estimate of drug-likeness (QED) is 0.758. The van der Waals surface area contributed by atoms with Gasteiger partial charge in [-0.2, -0.15) is 5.10 Å². The molecule has 3 rings (SSSR count). The lowest BCUT2D eigenvalue weighted by molar-refractivity contribution is 0.628. The summed E-state index contributed by atoms with van der Waals surface area (Å²) in [5.74, 6) is 0.499. The van der Waals surface area contributed by atoms with Crippen molar-refractivity contribution in [3.05, 3.63) is 60.2 Å². The van der Waals surface area contributed by atoms with Crippen molar-refractivity contribution in [1.82, 2.24) is 15.2 Å². The largest absolute Gasteiger partial charge is 0.259 e. The third-order valence-corrected chi connectivity index (χ3v) is 2.94. The monoisotopic (exact) mass is 253 g/mol. The Hall–Kier alpha value is -2.49. The smallest absolute Gasteiger partial charge is 0.155 e. The average Bonchev–Trinajstić information content (AvgIpc) is 2.93. The van der Waals surface area contributed by atoms with Gasteiger partial charge in [-0.15, -0.1) is 0 Å². The van der Waals surface area contributed by atoms with Crippen molar-refractivity contribution in [1.29, 1.82) is 0 Å². The number of benzene rings is 2. The molecule has 0 atom stereocenters. The molecule has 1 aromatic heterocycles. The van der Waals surface area contributed by atoms with Crippen molar-refractivity contribution >= 4 is 0 Å². The molecular weight excluding hydrogens is 241 g/mol. The van der Waals surface area contributed by atoms with Crippen molar-refractivity contribution in [2.24, 2.45) is 0 Å². The molecule has 3 nitrogen and oxygen atoms in total. The molecule has 0 saturated carbocycles. The first-order valence-electron chi connectivity index (χ1n) is 5.96. The number of halogens is 1. The van der Waals surface area contributed by atoms with E-state index in [1.165, 1.54) is 18.5 Å². The minimum atomic E-state index is -0.230. The molecule has 0 saturated heterocycles. The highest BCUT2D eigenvalue weighted by Gasteiger charge is 2.05. The highest BCUT2D eigenvalue weighted by atomic mass is 19.1. The Morgan fingerprint density at radius 1 is 0.947 bits per heavy atom. The molecule has 0 aliphatic heterocycles. The third-order valence-electron chi connectivity index (χ3n) is 2.94. The minimum absolute atomic E-state index is 0.230. The zero-order valence-electron chi connectivity index (χ0n) is 10.4. The van der Waals surface area contributed by atoms with Gasteiger partial charge in [0.2, 0.25) is 0 Å². The molecule has 3 aromatic rings. The van der Waals surface area contributed by atoms with E-state index in [0.29, 0.717) is 0 Å². The highest BCUT2D eigenvalue weighted by Crippen LogP contribution is 2.26. The normalized spacial score (nSPS) is 10.6. The van der Waals surface area contributed by atoms with E-state index in [1.54, 1.807) is 12.1 Å². The predicted octanol–water partition coefficient (Wildman–Crippen LogP) is 3.59. The van der Waals surface area contributed by atoms with Gasteiger partial charge in [0, 0.05) is 5.56 Å². The van der Waals surface area contributed by atoms with Crippen LogP contribution in [0.3, 0.4) is 0 Å². The molecule has 0 unspecified atom stereocenters. The fourth-order valence-corrected chi connectivity index (χ4v) is 2.07. The topological polar surface area (TPSA) is 41.6 Å². The zero-order chi connectivity index (χ0) is 13.2. The molecule has 4 heteroatoms. The van der Waals surface area contributed by atoms with Gasteiger partial charge in [-0.05, 0) is 47.9 Å². The van der Waals surface area contributed by atoms with Gasteiger partial charge in [-0.3, -0.25) is 5.10 Å². The molecule has 0 amide bonds. The average molecular weight is 253 g/mol. The fraction of sp³-hybridized carbons (Fsp3) is 0.0667. The summed E-state index contributed by atoms with van der Waals surface area (Å²) in [5.41, 5.74) is 4.10. The molecule has 0 radical (unpaired) electrons. The number of hydrogen-bond donors (Lipinski definition) is 1. The van der Waals surface area contributed by atoms with E-state index in [9.17, 15) is 4.39 Å². The number of nitrogens with zero attached hydrogens (tertiary/aromatic N) is 2. The second-order valence-corrected chi connectivity index (χ2v) is 4.43. The maximum atomic E-state index is 13.0. The number of aryl methyl sites for hydroxylation is 1. The van der Waals surface area contributed by atoms with Gasteiger partial charge in [0.1, 0.15) is 12.1 Å². The van der Waals surface area contributed by atoms with Crippen molar-refractivity contribution < 1.29 is 4.39 Å². The lowest BCUT2D eigenvalue weighted by Gasteiger charge is -2.06. The van der Waals surface area contributed by atoms with E-state index < -0.39 is 0 Å². The molecule has 0 aliphatic carbocycles. The Bertz CT molecular complexity index is 688. The summed E-state index contributed by atoms with van der Waals surface area (Å²) < 4.78 is 13.0. The van der Waals surface area contributed by atoms with Crippen LogP contribution in [0.4, 0.5) is 4.39 Å². The van der Waals surface area contributed by atoms with Crippen LogP contribution in [-0.4, -0.2) is 15.2 Å². The van der Waals surface area contributed by atoms with E-state index in [4.69, 9.17) is 0 Å². The summed E-state index contributed by atoms with van der Waals surface area (Å²) in [4.78, 5) is 4.15. The van der Waals surface area contributed by atoms with E-state index in [-0.39, 0.29) is 5.82 Å². The van der Waals surface area contributed by atoms with Crippen LogP contribution < -0.4 is 0 Å². The number of H-pyrrole nitrogens is 1. The first-order chi connectivity index (χ1) is 9.22. The maximum Gasteiger partial charge on any atom is 0.155 e. The standard InChI is InChI=1S/C15H12FN3/c1-10-6-12(11-2-4-14(16)5-3-11)8-13(7-10)15-17-9-18-19-15/h2-9H,1H3,(H,17,18,19). The molecule has 2 aromatic carbocycles. The zero-order valence-corrected chi connectivity index (χ0v) is 10.4. The summed E-state index contributed by atoms with van der Waals surface area (Å²) in [7, 11) is 0. The SMILES string of the molecule is Cc1cc(-c2ccc(F)cc2)cc(-c2ncn[nH]2)c1. The Morgan fingerprint density at radius 3 is 2.37 bits per heavy atom. The van der Waals surface area contributed by atoms with Gasteiger partial charge in [-0.1, -0.05) is 18.2 Å². The van der Waals surface area contributed by atoms with Crippen LogP contribution >= 0.6 is 0 Å². The van der Waals surface area contributed by atoms with Crippen LogP contribution in [0.25, 0.3) is 22.5 Å². The van der Waals surface area contributed by atoms with Crippen molar-refractivity contribution in [2.45, 2.75) is 6.92 Å². The second-order valence-electron chi connectivity index (χ2n) is 4.43. The van der Waals surface area contributed by atoms with Crippen LogP contribution in [0.1, 0.15) is 5.56 Å². The Morgan fingerprint density at radius 2 is 1.68 bits per heavy atom. The number of nitrogens with one attached hydrogen (secondary N) is 1. The summed E-state index contributed by atoms with van der Waals surface area (Å²) >= 11 is 0. The second kappa shape index (κ2) is 4.65. The van der Waals surface area contributed by atoms with Crippen LogP contribution in [0.15, 0.2) is 48.8 Å². The molecule has 1 heterocycles. The summed E-state index contributed by atoms with van der Waals surface area (Å²) in [6, 6.07) is 12.6. The summed E-state index contributed by atoms with van der Waals surface area (Å²) in [5, 5.41) is 6.70. The van der Waals surface area contributed by atoms with Crippen LogP contribution in [0, 0.1) is 12.7 Å². The molecule has 94 valence electrons. The van der Waals surface area contributed by atoms with Gasteiger partial charge >= 0.3 is 0 Å². The molecule has 0 bridgehead atoms. The number of rotatable bonds is 2.